The van der Waals surface area contributed by atoms with Crippen LogP contribution >= 0.6 is 0 Å². The lowest BCUT2D eigenvalue weighted by Crippen LogP contribution is -2.49. The van der Waals surface area contributed by atoms with Crippen molar-refractivity contribution in [1.29, 1.82) is 0 Å². The number of carboxylic acid groups (broad SMARTS) is 1. The smallest absolute Gasteiger partial charge is 0.328 e. The van der Waals surface area contributed by atoms with Gasteiger partial charge in [-0.25, -0.2) is 9.80 Å². The third-order valence-corrected chi connectivity index (χ3v) is 2.78. The second-order valence-corrected chi connectivity index (χ2v) is 3.75. The van der Waals surface area contributed by atoms with Gasteiger partial charge in [-0.05, 0) is 6.42 Å². The van der Waals surface area contributed by atoms with E-state index in [1.807, 2.05) is 0 Å². The number of carboxylic acids is 1. The number of aliphatic carboxylic acids is 1. The first-order valence-electron chi connectivity index (χ1n) is 4.96. The number of carbonyl (C=O) groups excluding carboxylic acids is 2. The molecule has 1 N–H and O–H groups in total. The van der Waals surface area contributed by atoms with E-state index in [0.717, 1.165) is 5.01 Å². The SMILES string of the molecule is O=C(O)[C@@H]1CCN2C(=O)CCCC(=O)N12. The van der Waals surface area contributed by atoms with Gasteiger partial charge in [-0.1, -0.05) is 0 Å². The summed E-state index contributed by atoms with van der Waals surface area (Å²) in [7, 11) is 0. The first kappa shape index (κ1) is 9.95. The summed E-state index contributed by atoms with van der Waals surface area (Å²) in [5.41, 5.74) is 0. The molecule has 2 aliphatic rings. The lowest BCUT2D eigenvalue weighted by atomic mass is 10.2. The van der Waals surface area contributed by atoms with Crippen LogP contribution in [0.15, 0.2) is 0 Å². The Balaban J connectivity index is 2.28. The van der Waals surface area contributed by atoms with Gasteiger partial charge in [-0.2, -0.15) is 0 Å². The first-order valence-corrected chi connectivity index (χ1v) is 4.96. The minimum Gasteiger partial charge on any atom is -0.480 e. The van der Waals surface area contributed by atoms with E-state index in [1.54, 1.807) is 0 Å². The van der Waals surface area contributed by atoms with E-state index in [1.165, 1.54) is 5.01 Å². The van der Waals surface area contributed by atoms with Gasteiger partial charge >= 0.3 is 5.97 Å². The van der Waals surface area contributed by atoms with E-state index < -0.39 is 12.0 Å². The average molecular weight is 212 g/mol. The first-order chi connectivity index (χ1) is 7.11. The van der Waals surface area contributed by atoms with E-state index >= 15 is 0 Å². The summed E-state index contributed by atoms with van der Waals surface area (Å²) in [6.45, 7) is 0.335. The van der Waals surface area contributed by atoms with Crippen molar-refractivity contribution in [2.24, 2.45) is 0 Å². The molecule has 2 rings (SSSR count). The second kappa shape index (κ2) is 3.52. The van der Waals surface area contributed by atoms with Crippen LogP contribution in [0.25, 0.3) is 0 Å². The Bertz CT molecular complexity index is 328. The highest BCUT2D eigenvalue weighted by molar-refractivity contribution is 5.89. The molecule has 0 aromatic carbocycles. The van der Waals surface area contributed by atoms with Crippen molar-refractivity contribution in [2.45, 2.75) is 31.7 Å². The monoisotopic (exact) mass is 212 g/mol. The molecule has 0 aromatic heterocycles. The molecule has 0 aliphatic carbocycles. The normalized spacial score (nSPS) is 26.5. The Hall–Kier alpha value is -1.59. The van der Waals surface area contributed by atoms with Crippen molar-refractivity contribution < 1.29 is 19.5 Å². The molecule has 0 aromatic rings. The topological polar surface area (TPSA) is 77.9 Å². The van der Waals surface area contributed by atoms with Crippen LogP contribution in [0.1, 0.15) is 25.7 Å². The maximum absolute atomic E-state index is 11.6. The summed E-state index contributed by atoms with van der Waals surface area (Å²) in [5.74, 6) is -1.45. The van der Waals surface area contributed by atoms with Crippen molar-refractivity contribution in [3.8, 4) is 0 Å². The third kappa shape index (κ3) is 1.55. The largest absolute Gasteiger partial charge is 0.480 e. The molecular formula is C9H12N2O4. The van der Waals surface area contributed by atoms with Gasteiger partial charge in [0, 0.05) is 25.8 Å². The highest BCUT2D eigenvalue weighted by Crippen LogP contribution is 2.24. The molecule has 0 saturated carbocycles. The molecule has 1 atom stereocenters. The predicted octanol–water partition coefficient (Wildman–Crippen LogP) is -0.401. The summed E-state index contributed by atoms with van der Waals surface area (Å²) >= 11 is 0. The molecule has 2 saturated heterocycles. The Morgan fingerprint density at radius 3 is 2.60 bits per heavy atom. The Morgan fingerprint density at radius 1 is 1.27 bits per heavy atom. The van der Waals surface area contributed by atoms with Gasteiger partial charge in [0.1, 0.15) is 0 Å². The van der Waals surface area contributed by atoms with Crippen LogP contribution in [0, 0.1) is 0 Å². The van der Waals surface area contributed by atoms with Crippen molar-refractivity contribution in [3.05, 3.63) is 0 Å². The molecule has 2 aliphatic heterocycles. The Morgan fingerprint density at radius 2 is 1.93 bits per heavy atom. The summed E-state index contributed by atoms with van der Waals surface area (Å²) < 4.78 is 0. The Kier molecular flexibility index (Phi) is 2.34. The van der Waals surface area contributed by atoms with Crippen LogP contribution in [0.3, 0.4) is 0 Å². The zero-order chi connectivity index (χ0) is 11.0. The van der Waals surface area contributed by atoms with Crippen molar-refractivity contribution in [3.63, 3.8) is 0 Å². The molecular weight excluding hydrogens is 200 g/mol. The van der Waals surface area contributed by atoms with Crippen LogP contribution in [0.4, 0.5) is 0 Å². The van der Waals surface area contributed by atoms with Gasteiger partial charge < -0.3 is 5.11 Å². The zero-order valence-electron chi connectivity index (χ0n) is 8.18. The van der Waals surface area contributed by atoms with E-state index in [4.69, 9.17) is 5.11 Å². The minimum absolute atomic E-state index is 0.149. The molecule has 6 heteroatoms. The fraction of sp³-hybridized carbons (Fsp3) is 0.667. The molecule has 0 bridgehead atoms. The molecule has 0 radical (unpaired) electrons. The quantitative estimate of drug-likeness (QED) is 0.641. The highest BCUT2D eigenvalue weighted by atomic mass is 16.4. The lowest BCUT2D eigenvalue weighted by molar-refractivity contribution is -0.165. The van der Waals surface area contributed by atoms with Gasteiger partial charge in [-0.3, -0.25) is 14.6 Å². The highest BCUT2D eigenvalue weighted by Gasteiger charge is 2.43. The predicted molar refractivity (Wildman–Crippen MR) is 48.5 cm³/mol. The van der Waals surface area contributed by atoms with E-state index in [9.17, 15) is 14.4 Å². The minimum atomic E-state index is -1.04. The van der Waals surface area contributed by atoms with Crippen LogP contribution < -0.4 is 0 Å². The van der Waals surface area contributed by atoms with Gasteiger partial charge in [0.05, 0.1) is 0 Å². The van der Waals surface area contributed by atoms with E-state index in [2.05, 4.69) is 0 Å². The molecule has 6 nitrogen and oxygen atoms in total. The molecule has 2 amide bonds. The maximum atomic E-state index is 11.6. The summed E-state index contributed by atoms with van der Waals surface area (Å²) in [5, 5.41) is 11.3. The van der Waals surface area contributed by atoms with Gasteiger partial charge in [0.2, 0.25) is 11.8 Å². The molecule has 2 fully saturated rings. The van der Waals surface area contributed by atoms with Crippen LogP contribution in [-0.2, 0) is 14.4 Å². The number of hydrogen-bond acceptors (Lipinski definition) is 3. The average Bonchev–Trinajstić information content (AvgIpc) is 2.56. The van der Waals surface area contributed by atoms with Crippen LogP contribution in [-0.4, -0.2) is 45.5 Å². The van der Waals surface area contributed by atoms with Gasteiger partial charge in [-0.15, -0.1) is 0 Å². The van der Waals surface area contributed by atoms with Crippen LogP contribution in [0.2, 0.25) is 0 Å². The van der Waals surface area contributed by atoms with Crippen molar-refractivity contribution in [1.82, 2.24) is 10.0 Å². The Labute approximate surface area is 86.4 Å². The molecule has 82 valence electrons. The van der Waals surface area contributed by atoms with E-state index in [0.29, 0.717) is 25.8 Å². The molecule has 0 spiro atoms. The maximum Gasteiger partial charge on any atom is 0.328 e. The van der Waals surface area contributed by atoms with E-state index in [-0.39, 0.29) is 18.2 Å². The number of amides is 2. The number of hydrogen-bond donors (Lipinski definition) is 1. The van der Waals surface area contributed by atoms with Crippen molar-refractivity contribution in [2.75, 3.05) is 6.54 Å². The molecule has 0 unspecified atom stereocenters. The van der Waals surface area contributed by atoms with Crippen molar-refractivity contribution >= 4 is 17.8 Å². The summed E-state index contributed by atoms with van der Waals surface area (Å²) in [6, 6.07) is -0.862. The number of carbonyl (C=O) groups is 3. The van der Waals surface area contributed by atoms with Crippen LogP contribution in [0.5, 0.6) is 0 Å². The fourth-order valence-electron chi connectivity index (χ4n) is 2.06. The number of fused-ring (bicyclic) bond motifs is 1. The van der Waals surface area contributed by atoms with Gasteiger partial charge in [0.25, 0.3) is 0 Å². The van der Waals surface area contributed by atoms with Gasteiger partial charge in [0.15, 0.2) is 6.04 Å². The third-order valence-electron chi connectivity index (χ3n) is 2.78. The molecule has 15 heavy (non-hydrogen) atoms. The fourth-order valence-corrected chi connectivity index (χ4v) is 2.06. The lowest BCUT2D eigenvalue weighted by Gasteiger charge is -2.28. The summed E-state index contributed by atoms with van der Waals surface area (Å²) in [4.78, 5) is 34.1. The number of rotatable bonds is 1. The summed E-state index contributed by atoms with van der Waals surface area (Å²) in [6.07, 6.45) is 1.42. The standard InChI is InChI=1S/C9H12N2O4/c12-7-2-1-3-8(13)11-6(9(14)15)4-5-10(7)11/h6H,1-5H2,(H,14,15)/t6-/m0/s1. The number of nitrogens with zero attached hydrogens (tertiary/aromatic N) is 2. The molecule has 2 heterocycles. The second-order valence-electron chi connectivity index (χ2n) is 3.75. The zero-order valence-corrected chi connectivity index (χ0v) is 8.18. The number of hydrazine groups is 1.